The Kier molecular flexibility index (Phi) is 5.42. The van der Waals surface area contributed by atoms with Gasteiger partial charge in [-0.1, -0.05) is 29.8 Å². The molecule has 0 heterocycles. The van der Waals surface area contributed by atoms with E-state index in [1.165, 1.54) is 5.56 Å². The Hall–Kier alpha value is -0.940. The molecule has 1 rings (SSSR count). The molecule has 0 bridgehead atoms. The maximum absolute atomic E-state index is 5.36. The quantitative estimate of drug-likeness (QED) is 0.748. The van der Waals surface area contributed by atoms with Gasteiger partial charge in [0.25, 0.3) is 0 Å². The molecule has 0 saturated carbocycles. The Morgan fingerprint density at radius 1 is 1.38 bits per heavy atom. The Labute approximate surface area is 106 Å². The van der Waals surface area contributed by atoms with Crippen LogP contribution in [-0.4, -0.2) is 7.11 Å². The van der Waals surface area contributed by atoms with Gasteiger partial charge in [-0.25, -0.2) is 0 Å². The Balaban J connectivity index is 2.88. The number of hydrogen-bond donors (Lipinski definition) is 0. The highest BCUT2D eigenvalue weighted by Crippen LogP contribution is 2.31. The first kappa shape index (κ1) is 13.1. The smallest absolute Gasteiger partial charge is 0.122 e. The van der Waals surface area contributed by atoms with Gasteiger partial charge >= 0.3 is 0 Å². The van der Waals surface area contributed by atoms with E-state index in [0.29, 0.717) is 5.92 Å². The molecule has 16 heavy (non-hydrogen) atoms. The van der Waals surface area contributed by atoms with Crippen LogP contribution >= 0.6 is 15.9 Å². The third kappa shape index (κ3) is 3.57. The van der Waals surface area contributed by atoms with Crippen LogP contribution in [-0.2, 0) is 0 Å². The molecule has 0 radical (unpaired) electrons. The lowest BCUT2D eigenvalue weighted by atomic mass is 9.97. The van der Waals surface area contributed by atoms with Crippen molar-refractivity contribution in [2.75, 3.05) is 7.11 Å². The van der Waals surface area contributed by atoms with E-state index in [0.717, 1.165) is 23.1 Å². The molecule has 0 saturated heterocycles. The van der Waals surface area contributed by atoms with Crippen LogP contribution in [0.4, 0.5) is 0 Å². The van der Waals surface area contributed by atoms with Crippen LogP contribution in [0.3, 0.4) is 0 Å². The zero-order valence-electron chi connectivity index (χ0n) is 10.0. The van der Waals surface area contributed by atoms with Gasteiger partial charge in [0, 0.05) is 17.3 Å². The van der Waals surface area contributed by atoms with Crippen LogP contribution in [0.5, 0.6) is 5.75 Å². The second kappa shape index (κ2) is 6.60. The Morgan fingerprint density at radius 2 is 2.12 bits per heavy atom. The molecule has 1 aromatic carbocycles. The number of benzene rings is 1. The molecule has 1 nitrogen and oxygen atoms in total. The first-order chi connectivity index (χ1) is 7.69. The van der Waals surface area contributed by atoms with Gasteiger partial charge in [-0.05, 0) is 29.7 Å². The predicted molar refractivity (Wildman–Crippen MR) is 71.8 cm³/mol. The summed E-state index contributed by atoms with van der Waals surface area (Å²) < 4.78 is 6.44. The van der Waals surface area contributed by atoms with Crippen molar-refractivity contribution in [1.29, 1.82) is 0 Å². The molecule has 1 aromatic rings. The maximum Gasteiger partial charge on any atom is 0.122 e. The molecule has 0 N–H and O–H groups in total. The molecule has 0 aliphatic carbocycles. The highest BCUT2D eigenvalue weighted by atomic mass is 79.9. The molecule has 0 aromatic heterocycles. The minimum Gasteiger partial charge on any atom is -0.496 e. The predicted octanol–water partition coefficient (Wildman–Crippen LogP) is 4.36. The molecule has 1 atom stereocenters. The van der Waals surface area contributed by atoms with E-state index in [1.54, 1.807) is 7.11 Å². The van der Waals surface area contributed by atoms with E-state index in [4.69, 9.17) is 4.74 Å². The van der Waals surface area contributed by atoms with Gasteiger partial charge in [-0.2, -0.15) is 0 Å². The van der Waals surface area contributed by atoms with Gasteiger partial charge in [-0.15, -0.1) is 11.8 Å². The number of rotatable bonds is 3. The number of hydrogen-bond acceptors (Lipinski definition) is 1. The minimum atomic E-state index is 0.395. The lowest BCUT2D eigenvalue weighted by Crippen LogP contribution is -1.97. The van der Waals surface area contributed by atoms with Crippen LogP contribution in [0.2, 0.25) is 0 Å². The summed E-state index contributed by atoms with van der Waals surface area (Å²) in [6.07, 6.45) is 1.79. The second-order valence-electron chi connectivity index (χ2n) is 3.70. The summed E-state index contributed by atoms with van der Waals surface area (Å²) in [6.45, 7) is 4.24. The van der Waals surface area contributed by atoms with Crippen molar-refractivity contribution in [1.82, 2.24) is 0 Å². The van der Waals surface area contributed by atoms with E-state index in [-0.39, 0.29) is 0 Å². The number of ether oxygens (including phenoxy) is 1. The minimum absolute atomic E-state index is 0.395. The van der Waals surface area contributed by atoms with Crippen molar-refractivity contribution in [2.24, 2.45) is 0 Å². The lowest BCUT2D eigenvalue weighted by molar-refractivity contribution is 0.406. The van der Waals surface area contributed by atoms with Crippen molar-refractivity contribution in [3.8, 4) is 17.6 Å². The van der Waals surface area contributed by atoms with Gasteiger partial charge < -0.3 is 4.74 Å². The first-order valence-corrected chi connectivity index (χ1v) is 6.27. The average Bonchev–Trinajstić information content (AvgIpc) is 2.29. The zero-order valence-corrected chi connectivity index (χ0v) is 11.6. The molecule has 0 amide bonds. The number of halogens is 1. The van der Waals surface area contributed by atoms with Gasteiger partial charge in [0.05, 0.1) is 7.11 Å². The molecular formula is C14H17BrO. The fourth-order valence-electron chi connectivity index (χ4n) is 1.55. The fourth-order valence-corrected chi connectivity index (χ4v) is 1.93. The summed E-state index contributed by atoms with van der Waals surface area (Å²) in [5, 5.41) is 0. The molecule has 0 aliphatic heterocycles. The highest BCUT2D eigenvalue weighted by molar-refractivity contribution is 9.10. The largest absolute Gasteiger partial charge is 0.496 e. The lowest BCUT2D eigenvalue weighted by Gasteiger charge is -2.13. The van der Waals surface area contributed by atoms with Crippen LogP contribution in [0.25, 0.3) is 0 Å². The van der Waals surface area contributed by atoms with E-state index >= 15 is 0 Å². The normalized spacial score (nSPS) is 11.5. The molecular weight excluding hydrogens is 264 g/mol. The van der Waals surface area contributed by atoms with Gasteiger partial charge in [0.2, 0.25) is 0 Å². The van der Waals surface area contributed by atoms with Crippen molar-refractivity contribution < 1.29 is 4.74 Å². The molecule has 0 aliphatic rings. The highest BCUT2D eigenvalue weighted by Gasteiger charge is 2.10. The third-order valence-corrected chi connectivity index (χ3v) is 2.93. The zero-order chi connectivity index (χ0) is 12.0. The van der Waals surface area contributed by atoms with Gasteiger partial charge in [0.1, 0.15) is 5.75 Å². The van der Waals surface area contributed by atoms with Gasteiger partial charge in [0.15, 0.2) is 0 Å². The molecule has 1 unspecified atom stereocenters. The monoisotopic (exact) mass is 280 g/mol. The van der Waals surface area contributed by atoms with E-state index in [1.807, 2.05) is 12.1 Å². The SMILES string of the molecule is CCC#CCC(C)c1cc(Br)ccc1OC. The van der Waals surface area contributed by atoms with E-state index < -0.39 is 0 Å². The van der Waals surface area contributed by atoms with E-state index in [2.05, 4.69) is 47.7 Å². The first-order valence-electron chi connectivity index (χ1n) is 5.48. The summed E-state index contributed by atoms with van der Waals surface area (Å²) in [7, 11) is 1.71. The second-order valence-corrected chi connectivity index (χ2v) is 4.61. The summed E-state index contributed by atoms with van der Waals surface area (Å²) >= 11 is 3.48. The average molecular weight is 281 g/mol. The van der Waals surface area contributed by atoms with Crippen LogP contribution in [0.15, 0.2) is 22.7 Å². The van der Waals surface area contributed by atoms with Crippen molar-refractivity contribution in [3.05, 3.63) is 28.2 Å². The Bertz CT molecular complexity index is 401. The molecule has 86 valence electrons. The van der Waals surface area contributed by atoms with Crippen LogP contribution < -0.4 is 4.74 Å². The number of methoxy groups -OCH3 is 1. The summed E-state index contributed by atoms with van der Waals surface area (Å²) in [5.74, 6) is 7.62. The summed E-state index contributed by atoms with van der Waals surface area (Å²) in [6, 6.07) is 6.09. The summed E-state index contributed by atoms with van der Waals surface area (Å²) in [5.41, 5.74) is 1.21. The molecule has 0 fully saturated rings. The maximum atomic E-state index is 5.36. The van der Waals surface area contributed by atoms with Crippen LogP contribution in [0, 0.1) is 11.8 Å². The van der Waals surface area contributed by atoms with Crippen molar-refractivity contribution in [3.63, 3.8) is 0 Å². The van der Waals surface area contributed by atoms with Crippen molar-refractivity contribution in [2.45, 2.75) is 32.6 Å². The molecule has 0 spiro atoms. The summed E-state index contributed by atoms with van der Waals surface area (Å²) in [4.78, 5) is 0. The van der Waals surface area contributed by atoms with Crippen molar-refractivity contribution >= 4 is 15.9 Å². The van der Waals surface area contributed by atoms with E-state index in [9.17, 15) is 0 Å². The van der Waals surface area contributed by atoms with Gasteiger partial charge in [-0.3, -0.25) is 0 Å². The Morgan fingerprint density at radius 3 is 2.75 bits per heavy atom. The fraction of sp³-hybridized carbons (Fsp3) is 0.429. The topological polar surface area (TPSA) is 9.23 Å². The standard InChI is InChI=1S/C14H17BrO/c1-4-5-6-7-11(2)13-10-12(15)8-9-14(13)16-3/h8-11H,4,7H2,1-3H3. The third-order valence-electron chi connectivity index (χ3n) is 2.43. The van der Waals surface area contributed by atoms with Crippen LogP contribution in [0.1, 0.15) is 38.2 Å². The molecule has 2 heteroatoms.